The maximum Gasteiger partial charge on any atom is 0.412 e. The molecule has 0 atom stereocenters. The Kier molecular flexibility index (Phi) is 4.47. The van der Waals surface area contributed by atoms with Crippen LogP contribution in [0.1, 0.15) is 12.5 Å². The molecule has 0 radical (unpaired) electrons. The van der Waals surface area contributed by atoms with Crippen LogP contribution in [0.15, 0.2) is 16.6 Å². The number of hydrogen-bond donors (Lipinski definition) is 1. The van der Waals surface area contributed by atoms with Crippen molar-refractivity contribution >= 4 is 48.4 Å². The minimum Gasteiger partial charge on any atom is -0.495 e. The van der Waals surface area contributed by atoms with Crippen LogP contribution >= 0.6 is 27.3 Å². The average molecular weight is 355 g/mol. The highest BCUT2D eigenvalue weighted by Gasteiger charge is 2.19. The predicted octanol–water partition coefficient (Wildman–Crippen LogP) is 4.11. The highest BCUT2D eigenvalue weighted by atomic mass is 79.9. The number of rotatable bonds is 3. The molecule has 7 heteroatoms. The molecule has 1 amide bonds. The SMILES string of the molecule is CCOC(=O)Nc1sc2c(OC)ccc(Br)c2c1C#N. The fourth-order valence-corrected chi connectivity index (χ4v) is 3.57. The monoisotopic (exact) mass is 354 g/mol. The van der Waals surface area contributed by atoms with E-state index in [0.29, 0.717) is 16.3 Å². The maximum absolute atomic E-state index is 11.5. The topological polar surface area (TPSA) is 71.3 Å². The third-order valence-corrected chi connectivity index (χ3v) is 4.36. The van der Waals surface area contributed by atoms with Crippen LogP contribution in [-0.4, -0.2) is 19.8 Å². The summed E-state index contributed by atoms with van der Waals surface area (Å²) < 4.78 is 11.7. The summed E-state index contributed by atoms with van der Waals surface area (Å²) in [5, 5.41) is 13.1. The summed E-state index contributed by atoms with van der Waals surface area (Å²) in [7, 11) is 1.56. The first-order chi connectivity index (χ1) is 9.62. The van der Waals surface area contributed by atoms with Crippen molar-refractivity contribution in [1.29, 1.82) is 5.26 Å². The number of amides is 1. The van der Waals surface area contributed by atoms with Gasteiger partial charge in [0.1, 0.15) is 16.8 Å². The van der Waals surface area contributed by atoms with Crippen LogP contribution in [0.4, 0.5) is 9.80 Å². The molecule has 0 aliphatic rings. The number of anilines is 1. The van der Waals surface area contributed by atoms with Crippen molar-refractivity contribution in [1.82, 2.24) is 0 Å². The second-order valence-corrected chi connectivity index (χ2v) is 5.59. The number of methoxy groups -OCH3 is 1. The molecule has 0 saturated carbocycles. The molecule has 2 rings (SSSR count). The fraction of sp³-hybridized carbons (Fsp3) is 0.231. The molecule has 1 heterocycles. The van der Waals surface area contributed by atoms with Crippen LogP contribution in [0.3, 0.4) is 0 Å². The Morgan fingerprint density at radius 3 is 2.90 bits per heavy atom. The zero-order valence-corrected chi connectivity index (χ0v) is 13.2. The van der Waals surface area contributed by atoms with Crippen LogP contribution in [-0.2, 0) is 4.74 Å². The Morgan fingerprint density at radius 1 is 1.55 bits per heavy atom. The van der Waals surface area contributed by atoms with Gasteiger partial charge in [0, 0.05) is 9.86 Å². The molecule has 1 aromatic heterocycles. The van der Waals surface area contributed by atoms with Gasteiger partial charge >= 0.3 is 6.09 Å². The van der Waals surface area contributed by atoms with Gasteiger partial charge in [-0.15, -0.1) is 11.3 Å². The third-order valence-electron chi connectivity index (χ3n) is 2.57. The first kappa shape index (κ1) is 14.6. The van der Waals surface area contributed by atoms with Gasteiger partial charge in [-0.25, -0.2) is 4.79 Å². The summed E-state index contributed by atoms with van der Waals surface area (Å²) in [4.78, 5) is 11.5. The Bertz CT molecular complexity index is 706. The lowest BCUT2D eigenvalue weighted by Crippen LogP contribution is -2.12. The third kappa shape index (κ3) is 2.57. The van der Waals surface area contributed by atoms with E-state index in [2.05, 4.69) is 27.3 Å². The van der Waals surface area contributed by atoms with Crippen molar-refractivity contribution in [2.24, 2.45) is 0 Å². The van der Waals surface area contributed by atoms with Crippen LogP contribution in [0, 0.1) is 11.3 Å². The normalized spacial score (nSPS) is 10.1. The van der Waals surface area contributed by atoms with Gasteiger partial charge in [0.2, 0.25) is 0 Å². The van der Waals surface area contributed by atoms with E-state index in [-0.39, 0.29) is 6.61 Å². The zero-order chi connectivity index (χ0) is 14.7. The number of halogens is 1. The number of benzene rings is 1. The number of carbonyl (C=O) groups excluding carboxylic acids is 1. The highest BCUT2D eigenvalue weighted by Crippen LogP contribution is 2.43. The molecule has 0 spiro atoms. The lowest BCUT2D eigenvalue weighted by atomic mass is 10.1. The molecule has 1 N–H and O–H groups in total. The van der Waals surface area contributed by atoms with Crippen LogP contribution in [0.2, 0.25) is 0 Å². The number of nitriles is 1. The minimum absolute atomic E-state index is 0.269. The average Bonchev–Trinajstić information content (AvgIpc) is 2.78. The molecule has 0 unspecified atom stereocenters. The molecule has 0 saturated heterocycles. The van der Waals surface area contributed by atoms with Crippen molar-refractivity contribution < 1.29 is 14.3 Å². The fourth-order valence-electron chi connectivity index (χ4n) is 1.76. The first-order valence-corrected chi connectivity index (χ1v) is 7.36. The standard InChI is InChI=1S/C13H11BrN2O3S/c1-3-19-13(17)16-12-7(6-15)10-8(14)4-5-9(18-2)11(10)20-12/h4-5H,3H2,1-2H3,(H,16,17). The number of fused-ring (bicyclic) bond motifs is 1. The molecular formula is C13H11BrN2O3S. The Hall–Kier alpha value is -1.78. The molecule has 0 aliphatic heterocycles. The van der Waals surface area contributed by atoms with E-state index in [0.717, 1.165) is 14.6 Å². The highest BCUT2D eigenvalue weighted by molar-refractivity contribution is 9.10. The molecule has 0 aliphatic carbocycles. The lowest BCUT2D eigenvalue weighted by Gasteiger charge is -2.02. The molecule has 0 fully saturated rings. The summed E-state index contributed by atoms with van der Waals surface area (Å²) in [5.74, 6) is 0.654. The van der Waals surface area contributed by atoms with Crippen molar-refractivity contribution in [3.05, 3.63) is 22.2 Å². The van der Waals surface area contributed by atoms with E-state index in [9.17, 15) is 10.1 Å². The smallest absolute Gasteiger partial charge is 0.412 e. The van der Waals surface area contributed by atoms with Gasteiger partial charge in [-0.3, -0.25) is 5.32 Å². The molecule has 0 bridgehead atoms. The van der Waals surface area contributed by atoms with E-state index >= 15 is 0 Å². The Labute approximate surface area is 128 Å². The summed E-state index contributed by atoms with van der Waals surface area (Å²) in [6.07, 6.45) is -0.578. The second-order valence-electron chi connectivity index (χ2n) is 3.72. The van der Waals surface area contributed by atoms with Gasteiger partial charge in [0.05, 0.1) is 24.0 Å². The zero-order valence-electron chi connectivity index (χ0n) is 10.8. The number of nitrogens with zero attached hydrogens (tertiary/aromatic N) is 1. The van der Waals surface area contributed by atoms with Gasteiger partial charge in [-0.05, 0) is 19.1 Å². The molecule has 20 heavy (non-hydrogen) atoms. The van der Waals surface area contributed by atoms with E-state index in [4.69, 9.17) is 9.47 Å². The minimum atomic E-state index is -0.578. The van der Waals surface area contributed by atoms with Crippen molar-refractivity contribution in [2.45, 2.75) is 6.92 Å². The number of nitrogens with one attached hydrogen (secondary N) is 1. The summed E-state index contributed by atoms with van der Waals surface area (Å²) in [5.41, 5.74) is 0.392. The van der Waals surface area contributed by atoms with Crippen molar-refractivity contribution in [3.63, 3.8) is 0 Å². The van der Waals surface area contributed by atoms with Gasteiger partial charge in [0.25, 0.3) is 0 Å². The Balaban J connectivity index is 2.59. The van der Waals surface area contributed by atoms with Crippen molar-refractivity contribution in [2.75, 3.05) is 19.0 Å². The summed E-state index contributed by atoms with van der Waals surface area (Å²) in [6, 6.07) is 5.72. The van der Waals surface area contributed by atoms with E-state index in [1.807, 2.05) is 6.07 Å². The largest absolute Gasteiger partial charge is 0.495 e. The maximum atomic E-state index is 11.5. The lowest BCUT2D eigenvalue weighted by molar-refractivity contribution is 0.168. The van der Waals surface area contributed by atoms with Gasteiger partial charge in [0.15, 0.2) is 0 Å². The molecule has 2 aromatic rings. The number of carbonyl (C=O) groups is 1. The number of ether oxygens (including phenoxy) is 2. The van der Waals surface area contributed by atoms with E-state index in [1.165, 1.54) is 11.3 Å². The Morgan fingerprint density at radius 2 is 2.30 bits per heavy atom. The number of thiophene rings is 1. The molecule has 5 nitrogen and oxygen atoms in total. The first-order valence-electron chi connectivity index (χ1n) is 5.75. The van der Waals surface area contributed by atoms with E-state index in [1.54, 1.807) is 20.1 Å². The summed E-state index contributed by atoms with van der Waals surface area (Å²) in [6.45, 7) is 1.99. The van der Waals surface area contributed by atoms with Gasteiger partial charge in [-0.1, -0.05) is 15.9 Å². The predicted molar refractivity (Wildman–Crippen MR) is 81.4 cm³/mol. The quantitative estimate of drug-likeness (QED) is 0.899. The molecule has 104 valence electrons. The molecule has 1 aromatic carbocycles. The second kappa shape index (κ2) is 6.11. The van der Waals surface area contributed by atoms with Gasteiger partial charge < -0.3 is 9.47 Å². The summed E-state index contributed by atoms with van der Waals surface area (Å²) >= 11 is 4.70. The number of hydrogen-bond acceptors (Lipinski definition) is 5. The van der Waals surface area contributed by atoms with E-state index < -0.39 is 6.09 Å². The van der Waals surface area contributed by atoms with Crippen molar-refractivity contribution in [3.8, 4) is 11.8 Å². The van der Waals surface area contributed by atoms with Crippen LogP contribution < -0.4 is 10.1 Å². The van der Waals surface area contributed by atoms with Crippen LogP contribution in [0.25, 0.3) is 10.1 Å². The van der Waals surface area contributed by atoms with Crippen LogP contribution in [0.5, 0.6) is 5.75 Å². The molecular weight excluding hydrogens is 344 g/mol. The van der Waals surface area contributed by atoms with Gasteiger partial charge in [-0.2, -0.15) is 5.26 Å².